The number of nitrogens with two attached hydrogens (primary N) is 1. The second-order valence-corrected chi connectivity index (χ2v) is 5.28. The van der Waals surface area contributed by atoms with Crippen molar-refractivity contribution < 1.29 is 9.42 Å². The van der Waals surface area contributed by atoms with Gasteiger partial charge in [0.15, 0.2) is 0 Å². The van der Waals surface area contributed by atoms with Crippen LogP contribution in [0.15, 0.2) is 35.0 Å². The van der Waals surface area contributed by atoms with Crippen molar-refractivity contribution in [1.29, 1.82) is 0 Å². The number of anilines is 1. The molecule has 0 atom stereocenters. The molecule has 0 spiro atoms. The second kappa shape index (κ2) is 7.53. The fourth-order valence-corrected chi connectivity index (χ4v) is 2.29. The molecule has 0 saturated carbocycles. The molecule has 4 N–H and O–H groups in total. The first-order valence-electron chi connectivity index (χ1n) is 7.67. The summed E-state index contributed by atoms with van der Waals surface area (Å²) in [5.74, 6) is -0.456. The molecule has 3 aromatic rings. The number of aryl methyl sites for hydroxylation is 1. The van der Waals surface area contributed by atoms with Crippen LogP contribution in [0.2, 0.25) is 0 Å². The zero-order valence-electron chi connectivity index (χ0n) is 13.6. The highest BCUT2D eigenvalue weighted by atomic mass is 16.6. The molecule has 130 valence electrons. The molecule has 0 aliphatic rings. The molecule has 10 heteroatoms. The Hall–Kier alpha value is -3.27. The number of hydrogen-bond donors (Lipinski definition) is 3. The van der Waals surface area contributed by atoms with Crippen LogP contribution in [-0.2, 0) is 13.6 Å². The van der Waals surface area contributed by atoms with E-state index < -0.39 is 5.91 Å². The van der Waals surface area contributed by atoms with E-state index in [0.717, 1.165) is 17.0 Å². The average molecular weight is 342 g/mol. The standard InChI is InChI=1S/C15H18N8O2/c1-23-19-11(12(20-23)10-5-3-2-4-6-10)9-17-7-8-18-15(24)13-14(16)22-25-21-13/h2-6,17H,7-9H2,1H3,(H2,16,22)(H,18,24). The summed E-state index contributed by atoms with van der Waals surface area (Å²) in [6.07, 6.45) is 0. The van der Waals surface area contributed by atoms with Gasteiger partial charge in [0.2, 0.25) is 11.5 Å². The lowest BCUT2D eigenvalue weighted by atomic mass is 10.1. The third kappa shape index (κ3) is 3.98. The number of rotatable bonds is 7. The normalized spacial score (nSPS) is 10.8. The largest absolute Gasteiger partial charge is 0.379 e. The summed E-state index contributed by atoms with van der Waals surface area (Å²) in [5, 5.41) is 21.5. The van der Waals surface area contributed by atoms with Gasteiger partial charge in [0.1, 0.15) is 11.4 Å². The molecule has 0 radical (unpaired) electrons. The molecular weight excluding hydrogens is 324 g/mol. The molecule has 0 aliphatic carbocycles. The zero-order chi connectivity index (χ0) is 17.6. The minimum absolute atomic E-state index is 0.0136. The lowest BCUT2D eigenvalue weighted by molar-refractivity contribution is 0.0944. The Labute approximate surface area is 143 Å². The van der Waals surface area contributed by atoms with E-state index in [-0.39, 0.29) is 11.5 Å². The molecule has 10 nitrogen and oxygen atoms in total. The first kappa shape index (κ1) is 16.6. The number of aromatic nitrogens is 5. The summed E-state index contributed by atoms with van der Waals surface area (Å²) in [6, 6.07) is 9.86. The minimum atomic E-state index is -0.426. The number of amides is 1. The van der Waals surface area contributed by atoms with Gasteiger partial charge in [0.25, 0.3) is 5.91 Å². The zero-order valence-corrected chi connectivity index (χ0v) is 13.6. The number of benzene rings is 1. The molecule has 0 bridgehead atoms. The Bertz CT molecular complexity index is 842. The number of hydrogen-bond acceptors (Lipinski definition) is 8. The summed E-state index contributed by atoms with van der Waals surface area (Å²) in [6.45, 7) is 1.47. The van der Waals surface area contributed by atoms with E-state index in [1.54, 1.807) is 11.8 Å². The molecule has 2 aromatic heterocycles. The number of carbonyl (C=O) groups is 1. The van der Waals surface area contributed by atoms with Gasteiger partial charge in [-0.1, -0.05) is 30.3 Å². The highest BCUT2D eigenvalue weighted by Crippen LogP contribution is 2.19. The molecule has 1 amide bonds. The van der Waals surface area contributed by atoms with Crippen molar-refractivity contribution in [3.05, 3.63) is 41.7 Å². The average Bonchev–Trinajstić information content (AvgIpc) is 3.21. The van der Waals surface area contributed by atoms with Crippen LogP contribution in [0.25, 0.3) is 11.3 Å². The van der Waals surface area contributed by atoms with Gasteiger partial charge in [-0.15, -0.1) is 0 Å². The maximum absolute atomic E-state index is 11.8. The molecule has 2 heterocycles. The van der Waals surface area contributed by atoms with Gasteiger partial charge in [-0.3, -0.25) is 4.79 Å². The van der Waals surface area contributed by atoms with Crippen molar-refractivity contribution in [3.8, 4) is 11.3 Å². The maximum Gasteiger partial charge on any atom is 0.277 e. The van der Waals surface area contributed by atoms with Crippen LogP contribution >= 0.6 is 0 Å². The molecule has 25 heavy (non-hydrogen) atoms. The topological polar surface area (TPSA) is 137 Å². The van der Waals surface area contributed by atoms with Crippen LogP contribution in [0.4, 0.5) is 5.82 Å². The lowest BCUT2D eigenvalue weighted by Crippen LogP contribution is -2.32. The monoisotopic (exact) mass is 342 g/mol. The van der Waals surface area contributed by atoms with Gasteiger partial charge in [0.05, 0.1) is 0 Å². The quantitative estimate of drug-likeness (QED) is 0.509. The summed E-state index contributed by atoms with van der Waals surface area (Å²) in [7, 11) is 1.78. The molecule has 0 unspecified atom stereocenters. The highest BCUT2D eigenvalue weighted by Gasteiger charge is 2.15. The number of nitrogens with zero attached hydrogens (tertiary/aromatic N) is 5. The van der Waals surface area contributed by atoms with Crippen LogP contribution < -0.4 is 16.4 Å². The summed E-state index contributed by atoms with van der Waals surface area (Å²) in [4.78, 5) is 13.3. The Morgan fingerprint density at radius 3 is 2.72 bits per heavy atom. The van der Waals surface area contributed by atoms with E-state index in [9.17, 15) is 4.79 Å². The predicted molar refractivity (Wildman–Crippen MR) is 89.2 cm³/mol. The first-order chi connectivity index (χ1) is 12.1. The molecule has 0 fully saturated rings. The Morgan fingerprint density at radius 2 is 2.00 bits per heavy atom. The van der Waals surface area contributed by atoms with Crippen LogP contribution in [0.3, 0.4) is 0 Å². The van der Waals surface area contributed by atoms with Crippen molar-refractivity contribution in [3.63, 3.8) is 0 Å². The highest BCUT2D eigenvalue weighted by molar-refractivity contribution is 5.95. The van der Waals surface area contributed by atoms with Crippen LogP contribution in [0.1, 0.15) is 16.2 Å². The summed E-state index contributed by atoms with van der Waals surface area (Å²) in [5.41, 5.74) is 8.13. The molecule has 0 aliphatic heterocycles. The number of nitrogens with one attached hydrogen (secondary N) is 2. The van der Waals surface area contributed by atoms with Gasteiger partial charge in [-0.05, 0) is 10.3 Å². The van der Waals surface area contributed by atoms with Crippen LogP contribution in [-0.4, -0.2) is 44.3 Å². The van der Waals surface area contributed by atoms with E-state index in [1.165, 1.54) is 0 Å². The van der Waals surface area contributed by atoms with Crippen molar-refractivity contribution in [1.82, 2.24) is 35.9 Å². The number of carbonyl (C=O) groups excluding carboxylic acids is 1. The Balaban J connectivity index is 1.50. The van der Waals surface area contributed by atoms with E-state index in [4.69, 9.17) is 5.73 Å². The maximum atomic E-state index is 11.8. The third-order valence-corrected chi connectivity index (χ3v) is 3.44. The third-order valence-electron chi connectivity index (χ3n) is 3.44. The van der Waals surface area contributed by atoms with Crippen molar-refractivity contribution in [2.24, 2.45) is 7.05 Å². The fourth-order valence-electron chi connectivity index (χ4n) is 2.29. The Kier molecular flexibility index (Phi) is 5.00. The van der Waals surface area contributed by atoms with Crippen LogP contribution in [0.5, 0.6) is 0 Å². The summed E-state index contributed by atoms with van der Waals surface area (Å²) >= 11 is 0. The first-order valence-corrected chi connectivity index (χ1v) is 7.67. The molecule has 0 saturated heterocycles. The molecule has 1 aromatic carbocycles. The van der Waals surface area contributed by atoms with Crippen LogP contribution in [0, 0.1) is 0 Å². The lowest BCUT2D eigenvalue weighted by Gasteiger charge is -2.05. The van der Waals surface area contributed by atoms with Gasteiger partial charge in [-0.2, -0.15) is 15.0 Å². The number of nitrogen functional groups attached to an aromatic ring is 1. The van der Waals surface area contributed by atoms with Gasteiger partial charge in [0, 0.05) is 32.2 Å². The predicted octanol–water partition coefficient (Wildman–Crippen LogP) is -0.0331. The van der Waals surface area contributed by atoms with E-state index in [0.29, 0.717) is 19.6 Å². The van der Waals surface area contributed by atoms with E-state index in [1.807, 2.05) is 30.3 Å². The summed E-state index contributed by atoms with van der Waals surface area (Å²) < 4.78 is 4.39. The second-order valence-electron chi connectivity index (χ2n) is 5.28. The van der Waals surface area contributed by atoms with Gasteiger partial charge in [-0.25, -0.2) is 4.63 Å². The fraction of sp³-hybridized carbons (Fsp3) is 0.267. The van der Waals surface area contributed by atoms with Crippen molar-refractivity contribution in [2.75, 3.05) is 18.8 Å². The minimum Gasteiger partial charge on any atom is -0.379 e. The van der Waals surface area contributed by atoms with E-state index in [2.05, 4.69) is 35.8 Å². The smallest absolute Gasteiger partial charge is 0.277 e. The molecule has 3 rings (SSSR count). The van der Waals surface area contributed by atoms with Gasteiger partial charge >= 0.3 is 0 Å². The van der Waals surface area contributed by atoms with E-state index >= 15 is 0 Å². The Morgan fingerprint density at radius 1 is 1.20 bits per heavy atom. The SMILES string of the molecule is Cn1nc(CNCCNC(=O)c2nonc2N)c(-c2ccccc2)n1. The van der Waals surface area contributed by atoms with Crippen molar-refractivity contribution >= 4 is 11.7 Å². The van der Waals surface area contributed by atoms with Gasteiger partial charge < -0.3 is 16.4 Å². The van der Waals surface area contributed by atoms with Crippen molar-refractivity contribution in [2.45, 2.75) is 6.54 Å². The molecular formula is C15H18N8O2.